The van der Waals surface area contributed by atoms with Gasteiger partial charge in [-0.1, -0.05) is 11.6 Å². The molecule has 0 bridgehead atoms. The van der Waals surface area contributed by atoms with Gasteiger partial charge in [0.1, 0.15) is 11.5 Å². The zero-order valence-electron chi connectivity index (χ0n) is 10.0. The molecule has 0 fully saturated rings. The molecule has 2 aromatic carbocycles. The zero-order chi connectivity index (χ0) is 14.7. The van der Waals surface area contributed by atoms with Crippen LogP contribution in [-0.2, 0) is 6.61 Å². The molecule has 0 aliphatic rings. The van der Waals surface area contributed by atoms with Crippen molar-refractivity contribution >= 4 is 33.2 Å². The maximum atomic E-state index is 10.7. The van der Waals surface area contributed by atoms with Gasteiger partial charge >= 0.3 is 0 Å². The minimum absolute atomic E-state index is 0.100. The van der Waals surface area contributed by atoms with Crippen LogP contribution in [0.25, 0.3) is 0 Å². The maximum Gasteiger partial charge on any atom is 0.270 e. The van der Waals surface area contributed by atoms with E-state index >= 15 is 0 Å². The molecule has 0 spiro atoms. The number of aliphatic hydroxyl groups excluding tert-OH is 1. The fraction of sp³-hybridized carbons (Fsp3) is 0.0769. The Morgan fingerprint density at radius 2 is 1.95 bits per heavy atom. The molecule has 0 aliphatic carbocycles. The monoisotopic (exact) mass is 357 g/mol. The summed E-state index contributed by atoms with van der Waals surface area (Å²) in [5, 5.41) is 20.5. The van der Waals surface area contributed by atoms with Crippen molar-refractivity contribution in [2.45, 2.75) is 6.61 Å². The third-order valence-electron chi connectivity index (χ3n) is 2.54. The van der Waals surface area contributed by atoms with E-state index in [4.69, 9.17) is 16.3 Å². The molecule has 0 saturated carbocycles. The number of halogens is 2. The van der Waals surface area contributed by atoms with E-state index in [0.29, 0.717) is 26.6 Å². The molecule has 0 radical (unpaired) electrons. The molecule has 1 N–H and O–H groups in total. The highest BCUT2D eigenvalue weighted by Crippen LogP contribution is 2.34. The van der Waals surface area contributed by atoms with Crippen LogP contribution in [0.4, 0.5) is 5.69 Å². The Morgan fingerprint density at radius 1 is 1.25 bits per heavy atom. The lowest BCUT2D eigenvalue weighted by Gasteiger charge is -2.11. The maximum absolute atomic E-state index is 10.7. The second-order valence-corrected chi connectivity index (χ2v) is 5.17. The highest BCUT2D eigenvalue weighted by Gasteiger charge is 2.13. The Kier molecular flexibility index (Phi) is 4.59. The molecular formula is C13H9BrClNO4. The van der Waals surface area contributed by atoms with Crippen LogP contribution in [0, 0.1) is 10.1 Å². The first-order chi connectivity index (χ1) is 9.51. The van der Waals surface area contributed by atoms with Gasteiger partial charge in [0.25, 0.3) is 5.69 Å². The van der Waals surface area contributed by atoms with Gasteiger partial charge in [0.05, 0.1) is 16.0 Å². The first kappa shape index (κ1) is 14.8. The van der Waals surface area contributed by atoms with E-state index in [2.05, 4.69) is 15.9 Å². The molecule has 0 heterocycles. The van der Waals surface area contributed by atoms with Crippen LogP contribution in [0.1, 0.15) is 5.56 Å². The molecule has 2 aromatic rings. The lowest BCUT2D eigenvalue weighted by atomic mass is 10.2. The summed E-state index contributed by atoms with van der Waals surface area (Å²) in [7, 11) is 0. The van der Waals surface area contributed by atoms with Gasteiger partial charge in [-0.3, -0.25) is 10.1 Å². The van der Waals surface area contributed by atoms with Gasteiger partial charge in [-0.2, -0.15) is 0 Å². The summed E-state index contributed by atoms with van der Waals surface area (Å²) in [4.78, 5) is 10.2. The molecule has 0 amide bonds. The van der Waals surface area contributed by atoms with Gasteiger partial charge < -0.3 is 9.84 Å². The molecular weight excluding hydrogens is 350 g/mol. The van der Waals surface area contributed by atoms with Crippen LogP contribution < -0.4 is 4.74 Å². The van der Waals surface area contributed by atoms with Crippen LogP contribution in [0.2, 0.25) is 5.02 Å². The summed E-state index contributed by atoms with van der Waals surface area (Å²) >= 11 is 9.14. The average Bonchev–Trinajstić information content (AvgIpc) is 2.42. The normalized spacial score (nSPS) is 10.3. The Morgan fingerprint density at radius 3 is 2.55 bits per heavy atom. The SMILES string of the molecule is O=[N+]([O-])c1ccc(Oc2ccc(Cl)cc2Br)c(CO)c1. The topological polar surface area (TPSA) is 72.6 Å². The number of benzene rings is 2. The first-order valence-corrected chi connectivity index (χ1v) is 6.69. The van der Waals surface area contributed by atoms with E-state index in [9.17, 15) is 15.2 Å². The van der Waals surface area contributed by atoms with Crippen LogP contribution in [0.15, 0.2) is 40.9 Å². The van der Waals surface area contributed by atoms with Crippen LogP contribution in [0.5, 0.6) is 11.5 Å². The Labute approximate surface area is 128 Å². The number of nitro groups is 1. The fourth-order valence-corrected chi connectivity index (χ4v) is 2.34. The lowest BCUT2D eigenvalue weighted by Crippen LogP contribution is -1.95. The summed E-state index contributed by atoms with van der Waals surface area (Å²) in [6.07, 6.45) is 0. The molecule has 0 atom stereocenters. The number of non-ortho nitro benzene ring substituents is 1. The summed E-state index contributed by atoms with van der Waals surface area (Å²) in [5.74, 6) is 0.846. The standard InChI is InChI=1S/C13H9BrClNO4/c14-11-6-9(15)1-3-13(11)20-12-4-2-10(16(18)19)5-8(12)7-17/h1-6,17H,7H2. The van der Waals surface area contributed by atoms with Crippen LogP contribution in [-0.4, -0.2) is 10.0 Å². The van der Waals surface area contributed by atoms with Crippen molar-refractivity contribution < 1.29 is 14.8 Å². The van der Waals surface area contributed by atoms with Crippen LogP contribution >= 0.6 is 27.5 Å². The average molecular weight is 359 g/mol. The van der Waals surface area contributed by atoms with Gasteiger partial charge in [-0.25, -0.2) is 0 Å². The largest absolute Gasteiger partial charge is 0.456 e. The highest BCUT2D eigenvalue weighted by molar-refractivity contribution is 9.10. The van der Waals surface area contributed by atoms with Crippen molar-refractivity contribution in [2.75, 3.05) is 0 Å². The smallest absolute Gasteiger partial charge is 0.270 e. The number of rotatable bonds is 4. The number of hydrogen-bond acceptors (Lipinski definition) is 4. The van der Waals surface area contributed by atoms with Crippen LogP contribution in [0.3, 0.4) is 0 Å². The van der Waals surface area contributed by atoms with Crippen molar-refractivity contribution in [3.05, 3.63) is 61.6 Å². The Bertz CT molecular complexity index is 663. The predicted molar refractivity (Wildman–Crippen MR) is 78.2 cm³/mol. The highest BCUT2D eigenvalue weighted by atomic mass is 79.9. The molecule has 7 heteroatoms. The van der Waals surface area contributed by atoms with Crippen molar-refractivity contribution in [2.24, 2.45) is 0 Å². The summed E-state index contributed by atoms with van der Waals surface area (Å²) in [5.41, 5.74) is 0.234. The predicted octanol–water partition coefficient (Wildman–Crippen LogP) is 4.30. The third-order valence-corrected chi connectivity index (χ3v) is 3.39. The van der Waals surface area contributed by atoms with E-state index in [1.165, 1.54) is 18.2 Å². The molecule has 20 heavy (non-hydrogen) atoms. The van der Waals surface area contributed by atoms with E-state index < -0.39 is 4.92 Å². The zero-order valence-corrected chi connectivity index (χ0v) is 12.4. The van der Waals surface area contributed by atoms with E-state index in [1.807, 2.05) is 0 Å². The van der Waals surface area contributed by atoms with Crippen molar-refractivity contribution in [3.63, 3.8) is 0 Å². The Hall–Kier alpha value is -1.63. The molecule has 0 saturated heterocycles. The minimum Gasteiger partial charge on any atom is -0.456 e. The number of nitro benzene ring substituents is 1. The number of aliphatic hydroxyl groups is 1. The third kappa shape index (κ3) is 3.27. The van der Waals surface area contributed by atoms with Crippen molar-refractivity contribution in [3.8, 4) is 11.5 Å². The quantitative estimate of drug-likeness (QED) is 0.653. The summed E-state index contributed by atoms with van der Waals surface area (Å²) < 4.78 is 6.28. The van der Waals surface area contributed by atoms with Crippen molar-refractivity contribution in [1.82, 2.24) is 0 Å². The summed E-state index contributed by atoms with van der Waals surface area (Å²) in [6.45, 7) is -0.359. The molecule has 5 nitrogen and oxygen atoms in total. The van der Waals surface area contributed by atoms with Gasteiger partial charge in [0, 0.05) is 22.7 Å². The second kappa shape index (κ2) is 6.21. The van der Waals surface area contributed by atoms with E-state index in [1.54, 1.807) is 18.2 Å². The molecule has 0 aromatic heterocycles. The van der Waals surface area contributed by atoms with Gasteiger partial charge in [0.2, 0.25) is 0 Å². The Balaban J connectivity index is 2.35. The molecule has 104 valence electrons. The van der Waals surface area contributed by atoms with Crippen molar-refractivity contribution in [1.29, 1.82) is 0 Å². The fourth-order valence-electron chi connectivity index (χ4n) is 1.58. The molecule has 0 unspecified atom stereocenters. The van der Waals surface area contributed by atoms with Gasteiger partial charge in [-0.15, -0.1) is 0 Å². The second-order valence-electron chi connectivity index (χ2n) is 3.88. The lowest BCUT2D eigenvalue weighted by molar-refractivity contribution is -0.385. The van der Waals surface area contributed by atoms with E-state index in [0.717, 1.165) is 0 Å². The minimum atomic E-state index is -0.527. The van der Waals surface area contributed by atoms with Gasteiger partial charge in [-0.05, 0) is 40.2 Å². The van der Waals surface area contributed by atoms with Gasteiger partial charge in [0.15, 0.2) is 0 Å². The number of hydrogen-bond donors (Lipinski definition) is 1. The van der Waals surface area contributed by atoms with E-state index in [-0.39, 0.29) is 12.3 Å². The number of ether oxygens (including phenoxy) is 1. The summed E-state index contributed by atoms with van der Waals surface area (Å²) in [6, 6.07) is 9.03. The molecule has 0 aliphatic heterocycles. The molecule has 2 rings (SSSR count). The number of nitrogens with zero attached hydrogens (tertiary/aromatic N) is 1. The first-order valence-electron chi connectivity index (χ1n) is 5.52.